The number of benzene rings is 1. The van der Waals surface area contributed by atoms with Gasteiger partial charge in [0.05, 0.1) is 0 Å². The molecule has 3 heteroatoms. The zero-order valence-corrected chi connectivity index (χ0v) is 9.91. The van der Waals surface area contributed by atoms with Crippen LogP contribution in [0, 0.1) is 0 Å². The maximum atomic E-state index is 11.5. The lowest BCUT2D eigenvalue weighted by Crippen LogP contribution is -2.45. The second kappa shape index (κ2) is 4.15. The summed E-state index contributed by atoms with van der Waals surface area (Å²) < 4.78 is 0. The molecule has 2 saturated heterocycles. The standard InChI is InChI=1S/C14H18N2O/c17-13-6-7-14(11-4-2-1-3-5-11)8-9-15-12(14)10-16-13/h1-5,12,15H,6-10H2,(H,16,17)/t12-,14-/m0/s1. The van der Waals surface area contributed by atoms with Gasteiger partial charge >= 0.3 is 0 Å². The quantitative estimate of drug-likeness (QED) is 0.761. The molecule has 1 aromatic rings. The molecule has 0 saturated carbocycles. The lowest BCUT2D eigenvalue weighted by Gasteiger charge is -2.33. The number of amides is 1. The summed E-state index contributed by atoms with van der Waals surface area (Å²) in [5, 5.41) is 6.55. The van der Waals surface area contributed by atoms with Crippen molar-refractivity contribution in [3.05, 3.63) is 35.9 Å². The Morgan fingerprint density at radius 3 is 2.82 bits per heavy atom. The second-order valence-corrected chi connectivity index (χ2v) is 5.08. The minimum Gasteiger partial charge on any atom is -0.355 e. The first-order valence-electron chi connectivity index (χ1n) is 6.37. The van der Waals surface area contributed by atoms with Crippen LogP contribution in [-0.4, -0.2) is 25.0 Å². The van der Waals surface area contributed by atoms with Crippen LogP contribution in [0.25, 0.3) is 0 Å². The summed E-state index contributed by atoms with van der Waals surface area (Å²) in [6.07, 6.45) is 2.74. The molecule has 0 bridgehead atoms. The van der Waals surface area contributed by atoms with Crippen LogP contribution in [0.15, 0.2) is 30.3 Å². The van der Waals surface area contributed by atoms with Crippen molar-refractivity contribution in [2.24, 2.45) is 0 Å². The van der Waals surface area contributed by atoms with Crippen molar-refractivity contribution in [2.45, 2.75) is 30.7 Å². The van der Waals surface area contributed by atoms with Gasteiger partial charge in [-0.05, 0) is 24.9 Å². The van der Waals surface area contributed by atoms with E-state index in [9.17, 15) is 4.79 Å². The summed E-state index contributed by atoms with van der Waals surface area (Å²) in [4.78, 5) is 11.5. The predicted molar refractivity (Wildman–Crippen MR) is 66.8 cm³/mol. The number of rotatable bonds is 1. The summed E-state index contributed by atoms with van der Waals surface area (Å²) in [6.45, 7) is 1.81. The van der Waals surface area contributed by atoms with Gasteiger partial charge in [0.15, 0.2) is 0 Å². The SMILES string of the molecule is O=C1CC[C@@]2(c3ccccc3)CCN[C@H]2CN1. The first-order valence-corrected chi connectivity index (χ1v) is 6.37. The molecule has 17 heavy (non-hydrogen) atoms. The van der Waals surface area contributed by atoms with E-state index in [2.05, 4.69) is 41.0 Å². The molecule has 0 aromatic heterocycles. The third-order valence-electron chi connectivity index (χ3n) is 4.28. The van der Waals surface area contributed by atoms with Gasteiger partial charge < -0.3 is 10.6 Å². The zero-order valence-electron chi connectivity index (χ0n) is 9.91. The largest absolute Gasteiger partial charge is 0.355 e. The Morgan fingerprint density at radius 1 is 1.18 bits per heavy atom. The van der Waals surface area contributed by atoms with Crippen molar-refractivity contribution in [1.82, 2.24) is 10.6 Å². The number of fused-ring (bicyclic) bond motifs is 1. The Morgan fingerprint density at radius 2 is 2.00 bits per heavy atom. The Kier molecular flexibility index (Phi) is 2.63. The first kappa shape index (κ1) is 10.8. The fraction of sp³-hybridized carbons (Fsp3) is 0.500. The molecule has 2 fully saturated rings. The molecule has 2 atom stereocenters. The van der Waals surface area contributed by atoms with Crippen molar-refractivity contribution in [1.29, 1.82) is 0 Å². The van der Waals surface area contributed by atoms with E-state index in [1.165, 1.54) is 5.56 Å². The van der Waals surface area contributed by atoms with Gasteiger partial charge in [0.2, 0.25) is 5.91 Å². The van der Waals surface area contributed by atoms with E-state index in [-0.39, 0.29) is 11.3 Å². The van der Waals surface area contributed by atoms with Crippen molar-refractivity contribution < 1.29 is 4.79 Å². The second-order valence-electron chi connectivity index (χ2n) is 5.08. The van der Waals surface area contributed by atoms with Gasteiger partial charge in [0.25, 0.3) is 0 Å². The van der Waals surface area contributed by atoms with E-state index >= 15 is 0 Å². The normalized spacial score (nSPS) is 32.7. The minimum absolute atomic E-state index is 0.153. The van der Waals surface area contributed by atoms with Crippen LogP contribution in [0.5, 0.6) is 0 Å². The molecule has 2 N–H and O–H groups in total. The molecule has 1 aromatic carbocycles. The van der Waals surface area contributed by atoms with Crippen LogP contribution < -0.4 is 10.6 Å². The smallest absolute Gasteiger partial charge is 0.220 e. The van der Waals surface area contributed by atoms with Crippen LogP contribution in [0.1, 0.15) is 24.8 Å². The predicted octanol–water partition coefficient (Wildman–Crippen LogP) is 1.20. The molecule has 1 amide bonds. The summed E-state index contributed by atoms with van der Waals surface area (Å²) in [6, 6.07) is 11.0. The fourth-order valence-corrected chi connectivity index (χ4v) is 3.31. The maximum absolute atomic E-state index is 11.5. The number of nitrogens with one attached hydrogen (secondary N) is 2. The maximum Gasteiger partial charge on any atom is 0.220 e. The number of carbonyl (C=O) groups is 1. The summed E-state index contributed by atoms with van der Waals surface area (Å²) >= 11 is 0. The van der Waals surface area contributed by atoms with Gasteiger partial charge in [0.1, 0.15) is 0 Å². The third-order valence-corrected chi connectivity index (χ3v) is 4.28. The molecule has 3 rings (SSSR count). The highest BCUT2D eigenvalue weighted by Gasteiger charge is 2.45. The molecular formula is C14H18N2O. The van der Waals surface area contributed by atoms with Gasteiger partial charge in [-0.3, -0.25) is 4.79 Å². The van der Waals surface area contributed by atoms with E-state index in [0.717, 1.165) is 25.9 Å². The van der Waals surface area contributed by atoms with E-state index in [1.807, 2.05) is 0 Å². The van der Waals surface area contributed by atoms with Crippen LogP contribution in [-0.2, 0) is 10.2 Å². The minimum atomic E-state index is 0.153. The molecule has 3 nitrogen and oxygen atoms in total. The first-order chi connectivity index (χ1) is 8.31. The zero-order chi connectivity index (χ0) is 11.7. The Labute approximate surface area is 102 Å². The summed E-state index contributed by atoms with van der Waals surface area (Å²) in [5.74, 6) is 0.191. The monoisotopic (exact) mass is 230 g/mol. The number of carbonyl (C=O) groups excluding carboxylic acids is 1. The van der Waals surface area contributed by atoms with Crippen LogP contribution in [0.3, 0.4) is 0 Å². The van der Waals surface area contributed by atoms with Gasteiger partial charge in [0, 0.05) is 24.4 Å². The fourth-order valence-electron chi connectivity index (χ4n) is 3.31. The molecule has 0 aliphatic carbocycles. The third kappa shape index (κ3) is 1.75. The average molecular weight is 230 g/mol. The highest BCUT2D eigenvalue weighted by molar-refractivity contribution is 5.76. The summed E-state index contributed by atoms with van der Waals surface area (Å²) in [7, 11) is 0. The molecule has 0 unspecified atom stereocenters. The van der Waals surface area contributed by atoms with Crippen LogP contribution in [0.2, 0.25) is 0 Å². The van der Waals surface area contributed by atoms with Crippen molar-refractivity contribution in [3.63, 3.8) is 0 Å². The Hall–Kier alpha value is -1.35. The van der Waals surface area contributed by atoms with Gasteiger partial charge in [-0.15, -0.1) is 0 Å². The van der Waals surface area contributed by atoms with Gasteiger partial charge in [-0.2, -0.15) is 0 Å². The highest BCUT2D eigenvalue weighted by atomic mass is 16.1. The molecule has 90 valence electrons. The van der Waals surface area contributed by atoms with Gasteiger partial charge in [-0.25, -0.2) is 0 Å². The Bertz CT molecular complexity index is 417. The van der Waals surface area contributed by atoms with Gasteiger partial charge in [-0.1, -0.05) is 30.3 Å². The van der Waals surface area contributed by atoms with E-state index in [4.69, 9.17) is 0 Å². The number of hydrogen-bond donors (Lipinski definition) is 2. The molecule has 0 radical (unpaired) electrons. The summed E-state index contributed by atoms with van der Waals surface area (Å²) in [5.41, 5.74) is 1.53. The Balaban J connectivity index is 1.99. The van der Waals surface area contributed by atoms with E-state index < -0.39 is 0 Å². The van der Waals surface area contributed by atoms with Crippen molar-refractivity contribution >= 4 is 5.91 Å². The van der Waals surface area contributed by atoms with Crippen molar-refractivity contribution in [3.8, 4) is 0 Å². The lowest BCUT2D eigenvalue weighted by molar-refractivity contribution is -0.120. The average Bonchev–Trinajstić information content (AvgIpc) is 2.72. The molecule has 2 heterocycles. The topological polar surface area (TPSA) is 41.1 Å². The number of hydrogen-bond acceptors (Lipinski definition) is 2. The van der Waals surface area contributed by atoms with Crippen molar-refractivity contribution in [2.75, 3.05) is 13.1 Å². The van der Waals surface area contributed by atoms with E-state index in [0.29, 0.717) is 12.5 Å². The van der Waals surface area contributed by atoms with Crippen LogP contribution >= 0.6 is 0 Å². The molecule has 0 spiro atoms. The highest BCUT2D eigenvalue weighted by Crippen LogP contribution is 2.40. The molecule has 2 aliphatic heterocycles. The van der Waals surface area contributed by atoms with E-state index in [1.54, 1.807) is 0 Å². The molecular weight excluding hydrogens is 212 g/mol. The van der Waals surface area contributed by atoms with Crippen LogP contribution in [0.4, 0.5) is 0 Å². The lowest BCUT2D eigenvalue weighted by atomic mass is 9.71. The molecule has 2 aliphatic rings.